The lowest BCUT2D eigenvalue weighted by molar-refractivity contribution is -0.143. The van der Waals surface area contributed by atoms with Crippen LogP contribution in [0.3, 0.4) is 0 Å². The first kappa shape index (κ1) is 21.8. The highest BCUT2D eigenvalue weighted by atomic mass is 16.5. The lowest BCUT2D eigenvalue weighted by Gasteiger charge is -2.31. The number of esters is 1. The first-order valence-electron chi connectivity index (χ1n) is 9.34. The Morgan fingerprint density at radius 2 is 1.79 bits per heavy atom. The first-order valence-corrected chi connectivity index (χ1v) is 9.34. The lowest BCUT2D eigenvalue weighted by atomic mass is 9.90. The number of likely N-dealkylation sites (N-methyl/N-ethyl adjacent to an activating group) is 1. The molecule has 0 spiro atoms. The summed E-state index contributed by atoms with van der Waals surface area (Å²) in [5.74, 6) is 0.491. The van der Waals surface area contributed by atoms with Gasteiger partial charge in [-0.15, -0.1) is 0 Å². The molecule has 154 valence electrons. The Bertz CT molecular complexity index is 742. The molecule has 1 amide bonds. The Morgan fingerprint density at radius 3 is 2.39 bits per heavy atom. The summed E-state index contributed by atoms with van der Waals surface area (Å²) < 4.78 is 15.5. The topological polar surface area (TPSA) is 85.3 Å². The van der Waals surface area contributed by atoms with Crippen LogP contribution in [0.1, 0.15) is 43.7 Å². The van der Waals surface area contributed by atoms with Gasteiger partial charge in [-0.2, -0.15) is 0 Å². The summed E-state index contributed by atoms with van der Waals surface area (Å²) in [6.07, 6.45) is 3.25. The molecule has 7 nitrogen and oxygen atoms in total. The van der Waals surface area contributed by atoms with Gasteiger partial charge >= 0.3 is 5.97 Å². The van der Waals surface area contributed by atoms with Gasteiger partial charge in [-0.3, -0.25) is 9.59 Å². The molecule has 0 heterocycles. The highest BCUT2D eigenvalue weighted by Gasteiger charge is 2.29. The molecule has 0 saturated heterocycles. The second-order valence-electron chi connectivity index (χ2n) is 6.77. The molecule has 1 aromatic rings. The van der Waals surface area contributed by atoms with Crippen molar-refractivity contribution < 1.29 is 28.9 Å². The molecule has 1 N–H and O–H groups in total. The minimum absolute atomic E-state index is 0.00988. The second kappa shape index (κ2) is 10.1. The summed E-state index contributed by atoms with van der Waals surface area (Å²) in [5, 5.41) is 9.62. The summed E-state index contributed by atoms with van der Waals surface area (Å²) >= 11 is 0. The quantitative estimate of drug-likeness (QED) is 0.686. The number of aliphatic hydroxyl groups is 1. The monoisotopic (exact) mass is 391 g/mol. The third-order valence-electron chi connectivity index (χ3n) is 5.20. The predicted octanol–water partition coefficient (Wildman–Crippen LogP) is 2.63. The number of aliphatic hydroxyl groups excluding tert-OH is 1. The number of rotatable bonds is 8. The average molecular weight is 391 g/mol. The van der Waals surface area contributed by atoms with Crippen molar-refractivity contribution in [1.82, 2.24) is 4.90 Å². The Labute approximate surface area is 165 Å². The van der Waals surface area contributed by atoms with E-state index < -0.39 is 12.0 Å². The maximum absolute atomic E-state index is 13.2. The van der Waals surface area contributed by atoms with Gasteiger partial charge in [0.25, 0.3) is 0 Å². The van der Waals surface area contributed by atoms with E-state index >= 15 is 0 Å². The van der Waals surface area contributed by atoms with Crippen LogP contribution in [0.5, 0.6) is 11.5 Å². The molecule has 1 aliphatic rings. The molecule has 0 fully saturated rings. The third kappa shape index (κ3) is 4.84. The number of benzene rings is 1. The maximum Gasteiger partial charge on any atom is 0.307 e. The van der Waals surface area contributed by atoms with Crippen molar-refractivity contribution in [2.75, 3.05) is 35.0 Å². The van der Waals surface area contributed by atoms with Crippen LogP contribution in [-0.2, 0) is 14.3 Å². The molecule has 0 saturated carbocycles. The van der Waals surface area contributed by atoms with Crippen LogP contribution in [0, 0.1) is 0 Å². The fraction of sp³-hybridized carbons (Fsp3) is 0.524. The molecule has 1 aromatic carbocycles. The molecular formula is C21H29NO6. The standard InChI is InChI=1S/C21H29NO6/c1-22(21(25)16-8-6-5-7-15(16)13-23)17(12-20(24)28-4)14-9-10-18(26-2)19(11-14)27-3/h9-11,17,23H,5-8,12-13H2,1-4H3. The third-order valence-corrected chi connectivity index (χ3v) is 5.20. The Morgan fingerprint density at radius 1 is 1.11 bits per heavy atom. The zero-order valence-corrected chi connectivity index (χ0v) is 17.0. The highest BCUT2D eigenvalue weighted by Crippen LogP contribution is 2.35. The number of ether oxygens (including phenoxy) is 3. The number of hydrogen-bond donors (Lipinski definition) is 1. The van der Waals surface area contributed by atoms with E-state index in [9.17, 15) is 14.7 Å². The van der Waals surface area contributed by atoms with Crippen LogP contribution in [0.4, 0.5) is 0 Å². The number of carbonyl (C=O) groups excluding carboxylic acids is 2. The number of nitrogens with zero attached hydrogens (tertiary/aromatic N) is 1. The van der Waals surface area contributed by atoms with Gasteiger partial charge in [0.05, 0.1) is 40.4 Å². The molecular weight excluding hydrogens is 362 g/mol. The van der Waals surface area contributed by atoms with E-state index in [1.54, 1.807) is 37.3 Å². The van der Waals surface area contributed by atoms with Crippen molar-refractivity contribution in [2.24, 2.45) is 0 Å². The molecule has 2 rings (SSSR count). The number of amides is 1. The molecule has 0 aliphatic heterocycles. The van der Waals surface area contributed by atoms with Crippen molar-refractivity contribution in [3.63, 3.8) is 0 Å². The van der Waals surface area contributed by atoms with Gasteiger partial charge in [0.2, 0.25) is 5.91 Å². The van der Waals surface area contributed by atoms with E-state index in [0.29, 0.717) is 23.5 Å². The zero-order chi connectivity index (χ0) is 20.7. The van der Waals surface area contributed by atoms with Crippen LogP contribution in [0.15, 0.2) is 29.3 Å². The predicted molar refractivity (Wildman–Crippen MR) is 104 cm³/mol. The maximum atomic E-state index is 13.2. The first-order chi connectivity index (χ1) is 13.5. The van der Waals surface area contributed by atoms with Gasteiger partial charge in [-0.25, -0.2) is 0 Å². The molecule has 1 unspecified atom stereocenters. The normalized spacial score (nSPS) is 15.0. The average Bonchev–Trinajstić information content (AvgIpc) is 2.75. The summed E-state index contributed by atoms with van der Waals surface area (Å²) in [6, 6.07) is 4.78. The lowest BCUT2D eigenvalue weighted by Crippen LogP contribution is -2.35. The van der Waals surface area contributed by atoms with E-state index in [2.05, 4.69) is 0 Å². The molecule has 1 aliphatic carbocycles. The van der Waals surface area contributed by atoms with Gasteiger partial charge in [-0.1, -0.05) is 6.07 Å². The fourth-order valence-corrected chi connectivity index (χ4v) is 3.53. The fourth-order valence-electron chi connectivity index (χ4n) is 3.53. The number of methoxy groups -OCH3 is 3. The summed E-state index contributed by atoms with van der Waals surface area (Å²) in [6.45, 7) is -0.118. The Kier molecular flexibility index (Phi) is 7.87. The molecule has 0 radical (unpaired) electrons. The minimum Gasteiger partial charge on any atom is -0.493 e. The molecule has 0 bridgehead atoms. The molecule has 1 atom stereocenters. The molecule has 28 heavy (non-hydrogen) atoms. The van der Waals surface area contributed by atoms with Crippen LogP contribution >= 0.6 is 0 Å². The minimum atomic E-state index is -0.533. The van der Waals surface area contributed by atoms with Crippen LogP contribution in [0.2, 0.25) is 0 Å². The van der Waals surface area contributed by atoms with Crippen molar-refractivity contribution in [3.05, 3.63) is 34.9 Å². The van der Waals surface area contributed by atoms with E-state index in [4.69, 9.17) is 14.2 Å². The van der Waals surface area contributed by atoms with E-state index in [-0.39, 0.29) is 18.9 Å². The van der Waals surface area contributed by atoms with Gasteiger partial charge in [0.1, 0.15) is 0 Å². The van der Waals surface area contributed by atoms with Crippen LogP contribution in [0.25, 0.3) is 0 Å². The van der Waals surface area contributed by atoms with E-state index in [1.807, 2.05) is 0 Å². The van der Waals surface area contributed by atoms with Gasteiger partial charge in [0.15, 0.2) is 11.5 Å². The molecule has 7 heteroatoms. The largest absolute Gasteiger partial charge is 0.493 e. The summed E-state index contributed by atoms with van der Waals surface area (Å²) in [7, 11) is 6.07. The van der Waals surface area contributed by atoms with E-state index in [0.717, 1.165) is 30.4 Å². The number of carbonyl (C=O) groups is 2. The van der Waals surface area contributed by atoms with Gasteiger partial charge in [0, 0.05) is 12.6 Å². The Hall–Kier alpha value is -2.54. The SMILES string of the molecule is COC(=O)CC(c1ccc(OC)c(OC)c1)N(C)C(=O)C1=C(CO)CCCC1. The summed E-state index contributed by atoms with van der Waals surface area (Å²) in [5.41, 5.74) is 2.17. The summed E-state index contributed by atoms with van der Waals surface area (Å²) in [4.78, 5) is 26.8. The van der Waals surface area contributed by atoms with Crippen LogP contribution in [-0.4, -0.2) is 56.9 Å². The van der Waals surface area contributed by atoms with Gasteiger partial charge in [-0.05, 0) is 49.0 Å². The second-order valence-corrected chi connectivity index (χ2v) is 6.77. The van der Waals surface area contributed by atoms with Crippen molar-refractivity contribution in [3.8, 4) is 11.5 Å². The highest BCUT2D eigenvalue weighted by molar-refractivity contribution is 5.94. The smallest absolute Gasteiger partial charge is 0.307 e. The van der Waals surface area contributed by atoms with Crippen molar-refractivity contribution in [2.45, 2.75) is 38.1 Å². The Balaban J connectivity index is 2.41. The zero-order valence-electron chi connectivity index (χ0n) is 17.0. The van der Waals surface area contributed by atoms with Crippen molar-refractivity contribution in [1.29, 1.82) is 0 Å². The van der Waals surface area contributed by atoms with Crippen molar-refractivity contribution >= 4 is 11.9 Å². The van der Waals surface area contributed by atoms with E-state index in [1.165, 1.54) is 14.2 Å². The van der Waals surface area contributed by atoms with Gasteiger partial charge < -0.3 is 24.2 Å². The number of hydrogen-bond acceptors (Lipinski definition) is 6. The van der Waals surface area contributed by atoms with Crippen LogP contribution < -0.4 is 9.47 Å². The molecule has 0 aromatic heterocycles.